The zero-order valence-electron chi connectivity index (χ0n) is 78.1. The number of hydroxylamine groups is 2. The molecule has 682 valence electrons. The summed E-state index contributed by atoms with van der Waals surface area (Å²) in [6, 6.07) is 9.24. The molecule has 0 atom stereocenters. The minimum Gasteiger partial charge on any atom is -0.477 e. The lowest BCUT2D eigenvalue weighted by molar-refractivity contribution is -0.171. The maximum absolute atomic E-state index is 10.9. The maximum atomic E-state index is 10.9. The Hall–Kier alpha value is -9.71. The number of carbonyl (C=O) groups excluding carboxylic acids is 4. The molecular weight excluding hydrogens is 1630 g/mol. The van der Waals surface area contributed by atoms with E-state index in [2.05, 4.69) is 107 Å². The van der Waals surface area contributed by atoms with Gasteiger partial charge in [-0.2, -0.15) is 31.4 Å². The first-order chi connectivity index (χ1) is 60.2. The van der Waals surface area contributed by atoms with Gasteiger partial charge in [0.05, 0.1) is 39.1 Å². The first kappa shape index (κ1) is 115. The van der Waals surface area contributed by atoms with E-state index in [-0.39, 0.29) is 16.7 Å². The Morgan fingerprint density at radius 3 is 0.912 bits per heavy atom. The predicted octanol–water partition coefficient (Wildman–Crippen LogP) is 27.0. The quantitative estimate of drug-likeness (QED) is 0.0203. The number of ether oxygens (including phenoxy) is 2. The van der Waals surface area contributed by atoms with Gasteiger partial charge in [0.1, 0.15) is 53.8 Å². The summed E-state index contributed by atoms with van der Waals surface area (Å²) in [6.45, 7) is 26.1. The van der Waals surface area contributed by atoms with Crippen LogP contribution in [0.2, 0.25) is 0 Å². The van der Waals surface area contributed by atoms with Crippen molar-refractivity contribution in [2.75, 3.05) is 40.0 Å². The second-order valence-electron chi connectivity index (χ2n) is 33.3. The molecule has 1 heterocycles. The number of allylic oxidation sites excluding steroid dienone is 35. The number of aldehydes is 3. The van der Waals surface area contributed by atoms with Gasteiger partial charge in [-0.15, -0.1) is 0 Å². The summed E-state index contributed by atoms with van der Waals surface area (Å²) in [4.78, 5) is 68.5. The number of carbonyl (C=O) groups is 6. The van der Waals surface area contributed by atoms with Gasteiger partial charge in [-0.3, -0.25) is 9.59 Å². The number of hydrogen-bond acceptors (Lipinski definition) is 15. The normalized spacial score (nSPS) is 19.2. The van der Waals surface area contributed by atoms with E-state index >= 15 is 0 Å². The molecule has 17 nitrogen and oxygen atoms in total. The fraction of sp³-hybridized carbons (Fsp3) is 0.542. The molecule has 1 saturated heterocycles. The van der Waals surface area contributed by atoms with Crippen LogP contribution in [0.4, 0.5) is 0 Å². The average molecular weight is 1780 g/mol. The number of carboxylic acid groups (broad SMARTS) is 2. The Morgan fingerprint density at radius 1 is 0.384 bits per heavy atom. The molecule has 8 aliphatic carbocycles. The van der Waals surface area contributed by atoms with Crippen molar-refractivity contribution >= 4 is 52.7 Å². The molecule has 9 aliphatic rings. The number of nitrogens with zero attached hydrogens (tertiary/aromatic N) is 6. The molecule has 2 N–H and O–H groups in total. The number of alkyl halides is 1. The predicted molar refractivity (Wildman–Crippen MR) is 515 cm³/mol. The molecule has 0 bridgehead atoms. The molecule has 0 aromatic rings. The third kappa shape index (κ3) is 63.0. The van der Waals surface area contributed by atoms with Gasteiger partial charge in [0, 0.05) is 36.0 Å². The minimum atomic E-state index is -1.18. The highest BCUT2D eigenvalue weighted by Gasteiger charge is 2.18. The van der Waals surface area contributed by atoms with Crippen LogP contribution in [0.25, 0.3) is 0 Å². The summed E-state index contributed by atoms with van der Waals surface area (Å²) < 4.78 is 9.72. The molecule has 9 rings (SSSR count). The summed E-state index contributed by atoms with van der Waals surface area (Å²) in [7, 11) is 1.69. The van der Waals surface area contributed by atoms with E-state index in [1.165, 1.54) is 204 Å². The molecule has 125 heavy (non-hydrogen) atoms. The zero-order chi connectivity index (χ0) is 93.1. The standard InChI is InChI=1S/C17H21NO2.C16H21N.C16H22O.C12H15NO2.C11H15N.C11H16O.C8H11NO2.C6H10O.C5H9Br.C5H11NO2/c1-13(10-11-15-8-3-4-9-15)6-5-7-14(2)16(12-18)17(19)20;2*1-14(6-5-7-15(2)12-13-17)10-11-16-8-3-4-9-16;1-9(11(8-13)12(14)15)6-7-10-4-2-3-5-10;2*1-10(8-9-12)6-7-11-4-2-3-5-11;1-4-11-8(10)7(5-9)6(2)3;7-5-6-3-1-2-4-6;6-5-3-1-2-4-5;1-7-6-2-4-8-5-3-6/h5-7,10-11,15H,3-4,8-9H2,1-2H3,(H,19,20);5-7,10-12,16H,3-4,8-9H2,1-2H3;5-7,10-13,16H,3-4,8-9H2,1-2H3;6-7,10H,2-5H2,1H3,(H,14,15);6-8,11H,2-5H2,1H3;6-9,11H,2-5H2,1H3;4H2,1-3H3;5-6H,1-4H2;5H,1-4H2;2-5H2,1H3/b7-5+,11-10+,13-6+,16-14-;2*7-5+,11-10+,14-6+,15-12+;7-6+,11-9-;2*7-6+,10-8+;;;;. The van der Waals surface area contributed by atoms with Crippen LogP contribution in [-0.4, -0.2) is 96.9 Å². The molecule has 18 heteroatoms. The average Bonchev–Trinajstić information content (AvgIpc) is 1.63. The van der Waals surface area contributed by atoms with E-state index < -0.39 is 17.9 Å². The molecule has 0 amide bonds. The summed E-state index contributed by atoms with van der Waals surface area (Å²) >= 11 is 3.54. The van der Waals surface area contributed by atoms with Crippen LogP contribution in [0.1, 0.15) is 289 Å². The maximum Gasteiger partial charge on any atom is 0.348 e. The van der Waals surface area contributed by atoms with Crippen molar-refractivity contribution in [2.45, 2.75) is 293 Å². The van der Waals surface area contributed by atoms with Crippen molar-refractivity contribution in [3.05, 3.63) is 224 Å². The first-order valence-electron chi connectivity index (χ1n) is 45.6. The molecule has 9 fully saturated rings. The van der Waals surface area contributed by atoms with Crippen LogP contribution in [0.15, 0.2) is 224 Å². The highest BCUT2D eigenvalue weighted by molar-refractivity contribution is 9.09. The van der Waals surface area contributed by atoms with Gasteiger partial charge < -0.3 is 29.3 Å². The van der Waals surface area contributed by atoms with Gasteiger partial charge in [0.25, 0.3) is 0 Å². The lowest BCUT2D eigenvalue weighted by atomic mass is 10.0. The highest BCUT2D eigenvalue weighted by atomic mass is 79.9. The van der Waals surface area contributed by atoms with Gasteiger partial charge in [-0.1, -0.05) is 269 Å². The monoisotopic (exact) mass is 1780 g/mol. The van der Waals surface area contributed by atoms with Gasteiger partial charge >= 0.3 is 17.9 Å². The van der Waals surface area contributed by atoms with Crippen molar-refractivity contribution < 1.29 is 53.3 Å². The number of hydrogen-bond donors (Lipinski definition) is 2. The Balaban J connectivity index is 0.00000139. The molecule has 0 aromatic carbocycles. The van der Waals surface area contributed by atoms with Crippen molar-refractivity contribution in [3.63, 3.8) is 0 Å². The summed E-state index contributed by atoms with van der Waals surface area (Å²) in [6.07, 6.45) is 94.6. The van der Waals surface area contributed by atoms with E-state index in [0.29, 0.717) is 41.1 Å². The van der Waals surface area contributed by atoms with E-state index in [1.54, 1.807) is 102 Å². The molecular formula is C107H151BrN6O11. The topological polar surface area (TPSA) is 293 Å². The highest BCUT2D eigenvalue weighted by Crippen LogP contribution is 2.31. The Morgan fingerprint density at radius 2 is 0.656 bits per heavy atom. The van der Waals surface area contributed by atoms with E-state index in [9.17, 15) is 28.8 Å². The third-order valence-electron chi connectivity index (χ3n) is 22.2. The third-order valence-corrected chi connectivity index (χ3v) is 23.1. The van der Waals surface area contributed by atoms with Crippen molar-refractivity contribution in [3.8, 4) is 30.3 Å². The number of morpholine rings is 1. The smallest absolute Gasteiger partial charge is 0.348 e. The molecule has 0 aromatic heterocycles. The first-order valence-corrected chi connectivity index (χ1v) is 46.5. The minimum absolute atomic E-state index is 0.104. The van der Waals surface area contributed by atoms with Crippen LogP contribution in [-0.2, 0) is 43.1 Å². The Kier molecular flexibility index (Phi) is 70.7. The van der Waals surface area contributed by atoms with E-state index in [4.69, 9.17) is 46.1 Å². The molecule has 0 spiro atoms. The molecule has 0 unspecified atom stereocenters. The molecule has 8 saturated carbocycles. The van der Waals surface area contributed by atoms with Gasteiger partial charge in [0.2, 0.25) is 0 Å². The van der Waals surface area contributed by atoms with Crippen molar-refractivity contribution in [1.29, 1.82) is 26.3 Å². The molecule has 1 aliphatic heterocycles. The zero-order valence-corrected chi connectivity index (χ0v) is 79.7. The lowest BCUT2D eigenvalue weighted by Gasteiger charge is -2.23. The van der Waals surface area contributed by atoms with Crippen LogP contribution in [0.5, 0.6) is 0 Å². The van der Waals surface area contributed by atoms with Gasteiger partial charge in [-0.05, 0) is 267 Å². The number of rotatable bonds is 26. The lowest BCUT2D eigenvalue weighted by Crippen LogP contribution is -2.35. The SMILES string of the molecule is BrC1CCCC1.CC(/C=C/C1CCCC1)=C(\C#N)C(=O)O.CC(/C=C/C1CCCC1)=C\C#N.CC(/C=C/C1CCCC1)=C\C=O.CC(/C=C/C=C(C)/C=C/C1CCCC1)=C(\C#N)C(=O)O.CC(/C=C/C=C(C)/C=C/C1CCCC1)=C\C#N.CC(/C=C/C=C(C)/C=C/C1CCCC1)=C\C=O.CCOC(=O)C(C#N)=C(C)C.CON1CCOCC1.O=CC1CCCC1. The van der Waals surface area contributed by atoms with Crippen LogP contribution in [0, 0.1) is 98.1 Å². The van der Waals surface area contributed by atoms with Crippen molar-refractivity contribution in [1.82, 2.24) is 5.06 Å². The summed E-state index contributed by atoms with van der Waals surface area (Å²) in [5.74, 6) is 1.95. The Bertz CT molecular complexity index is 4000. The number of halogens is 1. The largest absolute Gasteiger partial charge is 0.477 e. The molecule has 0 radical (unpaired) electrons. The van der Waals surface area contributed by atoms with Gasteiger partial charge in [-0.25, -0.2) is 14.4 Å². The summed E-state index contributed by atoms with van der Waals surface area (Å²) in [5.41, 5.74) is 9.12. The second-order valence-corrected chi connectivity index (χ2v) is 34.6. The van der Waals surface area contributed by atoms with Crippen LogP contribution < -0.4 is 0 Å². The summed E-state index contributed by atoms with van der Waals surface area (Å²) in [5, 5.41) is 62.1. The number of carboxylic acids is 2. The van der Waals surface area contributed by atoms with E-state index in [1.807, 2.05) is 88.3 Å². The fourth-order valence-electron chi connectivity index (χ4n) is 14.5. The van der Waals surface area contributed by atoms with Crippen molar-refractivity contribution in [2.24, 2.45) is 41.4 Å². The van der Waals surface area contributed by atoms with E-state index in [0.717, 1.165) is 114 Å². The second kappa shape index (κ2) is 76.7. The van der Waals surface area contributed by atoms with Gasteiger partial charge in [0.15, 0.2) is 0 Å². The Labute approximate surface area is 762 Å². The number of esters is 1. The van der Waals surface area contributed by atoms with Crippen LogP contribution >= 0.6 is 15.9 Å². The number of nitriles is 5. The van der Waals surface area contributed by atoms with Crippen LogP contribution in [0.3, 0.4) is 0 Å². The fourth-order valence-corrected chi connectivity index (χ4v) is 15.1. The number of aliphatic carboxylic acids is 2.